The van der Waals surface area contributed by atoms with Crippen molar-refractivity contribution < 1.29 is 19.5 Å². The molecule has 2 atom stereocenters. The Morgan fingerprint density at radius 1 is 1.22 bits per heavy atom. The molecular formula is C16H17ClN2O4. The highest BCUT2D eigenvalue weighted by Crippen LogP contribution is 2.29. The van der Waals surface area contributed by atoms with Crippen LogP contribution in [0.15, 0.2) is 24.3 Å². The average molecular weight is 337 g/mol. The van der Waals surface area contributed by atoms with Crippen LogP contribution >= 0.6 is 11.6 Å². The van der Waals surface area contributed by atoms with Crippen molar-refractivity contribution in [3.63, 3.8) is 0 Å². The minimum absolute atomic E-state index is 0.190. The van der Waals surface area contributed by atoms with Crippen molar-refractivity contribution in [2.24, 2.45) is 11.8 Å². The van der Waals surface area contributed by atoms with Crippen molar-refractivity contribution in [1.29, 1.82) is 0 Å². The van der Waals surface area contributed by atoms with E-state index in [1.54, 1.807) is 29.2 Å². The van der Waals surface area contributed by atoms with Gasteiger partial charge >= 0.3 is 5.97 Å². The zero-order valence-corrected chi connectivity index (χ0v) is 13.2. The van der Waals surface area contributed by atoms with Gasteiger partial charge in [0.2, 0.25) is 11.8 Å². The second kappa shape index (κ2) is 6.20. The van der Waals surface area contributed by atoms with Crippen LogP contribution in [-0.2, 0) is 14.4 Å². The highest BCUT2D eigenvalue weighted by Gasteiger charge is 2.42. The third-order valence-electron chi connectivity index (χ3n) is 4.47. The molecule has 2 heterocycles. The van der Waals surface area contributed by atoms with Gasteiger partial charge in [0.1, 0.15) is 5.92 Å². The van der Waals surface area contributed by atoms with E-state index in [4.69, 9.17) is 16.7 Å². The van der Waals surface area contributed by atoms with Crippen LogP contribution in [0, 0.1) is 11.8 Å². The van der Waals surface area contributed by atoms with E-state index < -0.39 is 17.8 Å². The Morgan fingerprint density at radius 3 is 2.65 bits per heavy atom. The van der Waals surface area contributed by atoms with E-state index in [0.29, 0.717) is 36.6 Å². The van der Waals surface area contributed by atoms with Crippen molar-refractivity contribution in [3.05, 3.63) is 29.3 Å². The summed E-state index contributed by atoms with van der Waals surface area (Å²) in [7, 11) is 0. The van der Waals surface area contributed by atoms with E-state index in [1.165, 1.54) is 4.90 Å². The largest absolute Gasteiger partial charge is 0.481 e. The lowest BCUT2D eigenvalue weighted by molar-refractivity contribution is -0.142. The Kier molecular flexibility index (Phi) is 4.26. The first kappa shape index (κ1) is 15.8. The molecule has 23 heavy (non-hydrogen) atoms. The predicted molar refractivity (Wildman–Crippen MR) is 84.2 cm³/mol. The van der Waals surface area contributed by atoms with Crippen LogP contribution in [-0.4, -0.2) is 47.4 Å². The third kappa shape index (κ3) is 3.03. The molecule has 2 fully saturated rings. The van der Waals surface area contributed by atoms with E-state index in [9.17, 15) is 14.4 Å². The quantitative estimate of drug-likeness (QED) is 0.851. The number of carboxylic acids is 1. The Bertz CT molecular complexity index is 663. The molecule has 2 aliphatic heterocycles. The lowest BCUT2D eigenvalue weighted by Crippen LogP contribution is -2.39. The summed E-state index contributed by atoms with van der Waals surface area (Å²) in [6, 6.07) is 6.97. The summed E-state index contributed by atoms with van der Waals surface area (Å²) >= 11 is 5.95. The molecule has 6 nitrogen and oxygen atoms in total. The Labute approximate surface area is 138 Å². The maximum atomic E-state index is 12.5. The number of carbonyl (C=O) groups excluding carboxylic acids is 2. The van der Waals surface area contributed by atoms with Crippen molar-refractivity contribution in [3.8, 4) is 0 Å². The topological polar surface area (TPSA) is 77.9 Å². The first-order chi connectivity index (χ1) is 11.0. The second-order valence-electron chi connectivity index (χ2n) is 5.92. The molecule has 0 aliphatic carbocycles. The normalized spacial score (nSPS) is 24.3. The van der Waals surface area contributed by atoms with Gasteiger partial charge in [-0.05, 0) is 31.0 Å². The summed E-state index contributed by atoms with van der Waals surface area (Å²) in [6.07, 6.45) is 0.887. The van der Waals surface area contributed by atoms with Gasteiger partial charge in [-0.15, -0.1) is 0 Å². The van der Waals surface area contributed by atoms with E-state index >= 15 is 0 Å². The van der Waals surface area contributed by atoms with Gasteiger partial charge in [-0.25, -0.2) is 0 Å². The van der Waals surface area contributed by atoms with E-state index in [1.807, 2.05) is 0 Å². The lowest BCUT2D eigenvalue weighted by atomic mass is 10.1. The van der Waals surface area contributed by atoms with Crippen LogP contribution in [0.3, 0.4) is 0 Å². The molecule has 122 valence electrons. The zero-order valence-electron chi connectivity index (χ0n) is 12.4. The number of halogens is 1. The summed E-state index contributed by atoms with van der Waals surface area (Å²) in [5.41, 5.74) is 0.683. The van der Waals surface area contributed by atoms with Crippen LogP contribution < -0.4 is 4.90 Å². The number of rotatable bonds is 3. The lowest BCUT2D eigenvalue weighted by Gasteiger charge is -2.20. The number of amides is 2. The minimum atomic E-state index is -0.890. The van der Waals surface area contributed by atoms with Crippen LogP contribution in [0.4, 0.5) is 5.69 Å². The minimum Gasteiger partial charge on any atom is -0.481 e. The molecule has 2 amide bonds. The smallest absolute Gasteiger partial charge is 0.308 e. The maximum absolute atomic E-state index is 12.5. The summed E-state index contributed by atoms with van der Waals surface area (Å²) in [4.78, 5) is 39.1. The number of carboxylic acid groups (broad SMARTS) is 1. The van der Waals surface area contributed by atoms with E-state index in [2.05, 4.69) is 0 Å². The number of nitrogens with zero attached hydrogens (tertiary/aromatic N) is 2. The molecule has 2 aliphatic rings. The monoisotopic (exact) mass is 336 g/mol. The molecule has 2 saturated heterocycles. The number of hydrogen-bond donors (Lipinski definition) is 1. The molecular weight excluding hydrogens is 320 g/mol. The number of benzene rings is 1. The first-order valence-electron chi connectivity index (χ1n) is 7.56. The zero-order chi connectivity index (χ0) is 16.6. The first-order valence-corrected chi connectivity index (χ1v) is 7.93. The standard InChI is InChI=1S/C16H17ClN2O4/c17-11-2-1-3-12(8-11)19-7-5-13(15(19)21)14(20)18-6-4-10(9-18)16(22)23/h1-3,8,10,13H,4-7,9H2,(H,22,23)/t10-,13-/m1/s1. The fraction of sp³-hybridized carbons (Fsp3) is 0.438. The summed E-state index contributed by atoms with van der Waals surface area (Å²) in [5.74, 6) is -2.64. The average Bonchev–Trinajstić information content (AvgIpc) is 3.13. The van der Waals surface area contributed by atoms with Crippen LogP contribution in [0.1, 0.15) is 12.8 Å². The Balaban J connectivity index is 1.69. The number of hydrogen-bond acceptors (Lipinski definition) is 3. The van der Waals surface area contributed by atoms with Crippen LogP contribution in [0.25, 0.3) is 0 Å². The SMILES string of the molecule is O=C(O)[C@@H]1CCN(C(=O)[C@H]2CCN(c3cccc(Cl)c3)C2=O)C1. The van der Waals surface area contributed by atoms with Gasteiger partial charge in [0, 0.05) is 30.3 Å². The van der Waals surface area contributed by atoms with Gasteiger partial charge in [-0.2, -0.15) is 0 Å². The van der Waals surface area contributed by atoms with Crippen molar-refractivity contribution in [1.82, 2.24) is 4.90 Å². The highest BCUT2D eigenvalue weighted by atomic mass is 35.5. The van der Waals surface area contributed by atoms with Crippen molar-refractivity contribution >= 4 is 35.1 Å². The molecule has 0 saturated carbocycles. The molecule has 1 N–H and O–H groups in total. The molecule has 0 bridgehead atoms. The number of carbonyl (C=O) groups is 3. The van der Waals surface area contributed by atoms with E-state index in [0.717, 1.165) is 0 Å². The number of likely N-dealkylation sites (tertiary alicyclic amines) is 1. The predicted octanol–water partition coefficient (Wildman–Crippen LogP) is 1.63. The molecule has 3 rings (SSSR count). The van der Waals surface area contributed by atoms with Crippen molar-refractivity contribution in [2.45, 2.75) is 12.8 Å². The molecule has 0 aromatic heterocycles. The molecule has 0 unspecified atom stereocenters. The number of anilines is 1. The summed E-state index contributed by atoms with van der Waals surface area (Å²) < 4.78 is 0. The van der Waals surface area contributed by atoms with Crippen LogP contribution in [0.2, 0.25) is 5.02 Å². The van der Waals surface area contributed by atoms with E-state index in [-0.39, 0.29) is 18.4 Å². The molecule has 0 spiro atoms. The second-order valence-corrected chi connectivity index (χ2v) is 6.36. The number of aliphatic carboxylic acids is 1. The highest BCUT2D eigenvalue weighted by molar-refractivity contribution is 6.31. The maximum Gasteiger partial charge on any atom is 0.308 e. The Hall–Kier alpha value is -2.08. The van der Waals surface area contributed by atoms with Crippen LogP contribution in [0.5, 0.6) is 0 Å². The fourth-order valence-corrected chi connectivity index (χ4v) is 3.38. The van der Waals surface area contributed by atoms with Gasteiger partial charge < -0.3 is 14.9 Å². The molecule has 1 aromatic carbocycles. The van der Waals surface area contributed by atoms with Gasteiger partial charge in [-0.3, -0.25) is 14.4 Å². The van der Waals surface area contributed by atoms with Gasteiger partial charge in [0.15, 0.2) is 0 Å². The molecule has 7 heteroatoms. The van der Waals surface area contributed by atoms with Gasteiger partial charge in [0.05, 0.1) is 5.92 Å². The molecule has 1 aromatic rings. The third-order valence-corrected chi connectivity index (χ3v) is 4.71. The summed E-state index contributed by atoms with van der Waals surface area (Å²) in [6.45, 7) is 1.05. The summed E-state index contributed by atoms with van der Waals surface area (Å²) in [5, 5.41) is 9.56. The van der Waals surface area contributed by atoms with Gasteiger partial charge in [0.25, 0.3) is 0 Å². The fourth-order valence-electron chi connectivity index (χ4n) is 3.19. The molecule has 0 radical (unpaired) electrons. The Morgan fingerprint density at radius 2 is 2.00 bits per heavy atom. The van der Waals surface area contributed by atoms with Crippen molar-refractivity contribution in [2.75, 3.05) is 24.5 Å². The van der Waals surface area contributed by atoms with Gasteiger partial charge in [-0.1, -0.05) is 17.7 Å².